The zero-order chi connectivity index (χ0) is 19.6. The fourth-order valence-corrected chi connectivity index (χ4v) is 4.09. The van der Waals surface area contributed by atoms with Gasteiger partial charge in [-0.15, -0.1) is 0 Å². The fourth-order valence-electron chi connectivity index (χ4n) is 4.09. The smallest absolute Gasteiger partial charge is 0.165 e. The molecular weight excluding hydrogens is 360 g/mol. The number of hydrogen-bond donors (Lipinski definition) is 1. The number of anilines is 1. The molecule has 0 spiro atoms. The lowest BCUT2D eigenvalue weighted by molar-refractivity contribution is 0.483. The first-order chi connectivity index (χ1) is 14.3. The SMILES string of the molecule is Nc1ncnc2nc(C3CCCC3)cc(-c3ccc(Oc4ccccc4)cc3)c12. The minimum absolute atomic E-state index is 0.458. The lowest BCUT2D eigenvalue weighted by Gasteiger charge is -2.14. The number of aromatic nitrogens is 3. The molecule has 1 fully saturated rings. The summed E-state index contributed by atoms with van der Waals surface area (Å²) in [6.45, 7) is 0. The molecule has 5 nitrogen and oxygen atoms in total. The molecule has 144 valence electrons. The number of nitrogen functional groups attached to an aromatic ring is 1. The second kappa shape index (κ2) is 7.51. The molecular formula is C24H22N4O. The third kappa shape index (κ3) is 3.51. The van der Waals surface area contributed by atoms with E-state index in [2.05, 4.69) is 28.2 Å². The van der Waals surface area contributed by atoms with Crippen molar-refractivity contribution in [3.8, 4) is 22.6 Å². The molecule has 0 bridgehead atoms. The van der Waals surface area contributed by atoms with Crippen molar-refractivity contribution >= 4 is 16.9 Å². The third-order valence-corrected chi connectivity index (χ3v) is 5.57. The average Bonchev–Trinajstić information content (AvgIpc) is 3.30. The van der Waals surface area contributed by atoms with Crippen molar-refractivity contribution in [2.24, 2.45) is 0 Å². The van der Waals surface area contributed by atoms with Crippen molar-refractivity contribution in [2.45, 2.75) is 31.6 Å². The molecule has 2 heterocycles. The topological polar surface area (TPSA) is 73.9 Å². The average molecular weight is 382 g/mol. The van der Waals surface area contributed by atoms with Crippen LogP contribution in [0.4, 0.5) is 5.82 Å². The van der Waals surface area contributed by atoms with E-state index in [1.165, 1.54) is 32.0 Å². The van der Waals surface area contributed by atoms with Gasteiger partial charge >= 0.3 is 0 Å². The molecule has 0 saturated heterocycles. The quantitative estimate of drug-likeness (QED) is 0.488. The molecule has 2 N–H and O–H groups in total. The Balaban J connectivity index is 1.56. The lowest BCUT2D eigenvalue weighted by atomic mass is 9.96. The highest BCUT2D eigenvalue weighted by atomic mass is 16.5. The summed E-state index contributed by atoms with van der Waals surface area (Å²) in [6, 6.07) is 20.0. The zero-order valence-corrected chi connectivity index (χ0v) is 16.1. The Morgan fingerprint density at radius 2 is 1.59 bits per heavy atom. The summed E-state index contributed by atoms with van der Waals surface area (Å²) in [4.78, 5) is 13.4. The Labute approximate surface area is 169 Å². The Hall–Kier alpha value is -3.47. The van der Waals surface area contributed by atoms with Crippen molar-refractivity contribution in [3.05, 3.63) is 72.7 Å². The summed E-state index contributed by atoms with van der Waals surface area (Å²) in [5.41, 5.74) is 10.1. The van der Waals surface area contributed by atoms with E-state index in [0.29, 0.717) is 17.4 Å². The van der Waals surface area contributed by atoms with E-state index in [9.17, 15) is 0 Å². The van der Waals surface area contributed by atoms with Gasteiger partial charge in [0.25, 0.3) is 0 Å². The lowest BCUT2D eigenvalue weighted by Crippen LogP contribution is -2.02. The number of nitrogens with zero attached hydrogens (tertiary/aromatic N) is 3. The summed E-state index contributed by atoms with van der Waals surface area (Å²) < 4.78 is 5.92. The van der Waals surface area contributed by atoms with E-state index in [-0.39, 0.29) is 0 Å². The monoisotopic (exact) mass is 382 g/mol. The van der Waals surface area contributed by atoms with Gasteiger partial charge in [0, 0.05) is 11.6 Å². The molecule has 0 amide bonds. The highest BCUT2D eigenvalue weighted by Gasteiger charge is 2.21. The maximum atomic E-state index is 6.21. The molecule has 5 heteroatoms. The fraction of sp³-hybridized carbons (Fsp3) is 0.208. The summed E-state index contributed by atoms with van der Waals surface area (Å²) in [5, 5.41) is 0.811. The highest BCUT2D eigenvalue weighted by Crippen LogP contribution is 2.38. The number of pyridine rings is 1. The third-order valence-electron chi connectivity index (χ3n) is 5.57. The number of ether oxygens (including phenoxy) is 1. The molecule has 0 atom stereocenters. The minimum Gasteiger partial charge on any atom is -0.457 e. The predicted molar refractivity (Wildman–Crippen MR) is 115 cm³/mol. The second-order valence-electron chi connectivity index (χ2n) is 7.47. The molecule has 2 aromatic heterocycles. The van der Waals surface area contributed by atoms with Crippen LogP contribution < -0.4 is 10.5 Å². The molecule has 4 aromatic rings. The van der Waals surface area contributed by atoms with Gasteiger partial charge in [-0.3, -0.25) is 0 Å². The van der Waals surface area contributed by atoms with E-state index in [1.54, 1.807) is 0 Å². The van der Waals surface area contributed by atoms with E-state index >= 15 is 0 Å². The van der Waals surface area contributed by atoms with Crippen LogP contribution in [-0.4, -0.2) is 15.0 Å². The Morgan fingerprint density at radius 3 is 2.34 bits per heavy atom. The van der Waals surface area contributed by atoms with Gasteiger partial charge in [0.05, 0.1) is 5.39 Å². The van der Waals surface area contributed by atoms with Crippen molar-refractivity contribution in [3.63, 3.8) is 0 Å². The number of para-hydroxylation sites is 1. The Kier molecular flexibility index (Phi) is 4.56. The van der Waals surface area contributed by atoms with Crippen molar-refractivity contribution in [1.29, 1.82) is 0 Å². The van der Waals surface area contributed by atoms with Gasteiger partial charge in [-0.05, 0) is 54.3 Å². The van der Waals surface area contributed by atoms with E-state index in [1.807, 2.05) is 42.5 Å². The number of hydrogen-bond acceptors (Lipinski definition) is 5. The molecule has 0 radical (unpaired) electrons. The van der Waals surface area contributed by atoms with Crippen molar-refractivity contribution in [1.82, 2.24) is 15.0 Å². The molecule has 29 heavy (non-hydrogen) atoms. The van der Waals surface area contributed by atoms with Gasteiger partial charge in [0.2, 0.25) is 0 Å². The number of benzene rings is 2. The maximum Gasteiger partial charge on any atom is 0.165 e. The summed E-state index contributed by atoms with van der Waals surface area (Å²) in [6.07, 6.45) is 6.38. The van der Waals surface area contributed by atoms with Crippen LogP contribution in [0.2, 0.25) is 0 Å². The second-order valence-corrected chi connectivity index (χ2v) is 7.47. The van der Waals surface area contributed by atoms with Crippen LogP contribution in [0.5, 0.6) is 11.5 Å². The number of fused-ring (bicyclic) bond motifs is 1. The van der Waals surface area contributed by atoms with Gasteiger partial charge in [0.15, 0.2) is 5.65 Å². The number of nitrogens with two attached hydrogens (primary N) is 1. The molecule has 1 aliphatic carbocycles. The Morgan fingerprint density at radius 1 is 0.862 bits per heavy atom. The van der Waals surface area contributed by atoms with Gasteiger partial charge < -0.3 is 10.5 Å². The van der Waals surface area contributed by atoms with Crippen molar-refractivity contribution < 1.29 is 4.74 Å². The van der Waals surface area contributed by atoms with Crippen LogP contribution in [0, 0.1) is 0 Å². The first kappa shape index (κ1) is 17.6. The van der Waals surface area contributed by atoms with Gasteiger partial charge in [-0.25, -0.2) is 15.0 Å². The predicted octanol–water partition coefficient (Wildman–Crippen LogP) is 5.72. The molecule has 5 rings (SSSR count). The summed E-state index contributed by atoms with van der Waals surface area (Å²) >= 11 is 0. The minimum atomic E-state index is 0.458. The van der Waals surface area contributed by atoms with Crippen LogP contribution in [0.1, 0.15) is 37.3 Å². The molecule has 1 aliphatic rings. The van der Waals surface area contributed by atoms with Crippen LogP contribution in [0.25, 0.3) is 22.2 Å². The summed E-state index contributed by atoms with van der Waals surface area (Å²) in [5.74, 6) is 2.56. The van der Waals surface area contributed by atoms with Gasteiger partial charge in [-0.2, -0.15) is 0 Å². The van der Waals surface area contributed by atoms with Crippen LogP contribution in [0.15, 0.2) is 67.0 Å². The highest BCUT2D eigenvalue weighted by molar-refractivity contribution is 5.99. The first-order valence-corrected chi connectivity index (χ1v) is 10.0. The van der Waals surface area contributed by atoms with Crippen molar-refractivity contribution in [2.75, 3.05) is 5.73 Å². The van der Waals surface area contributed by atoms with Crippen LogP contribution in [0.3, 0.4) is 0 Å². The zero-order valence-electron chi connectivity index (χ0n) is 16.1. The standard InChI is InChI=1S/C24H22N4O/c25-23-22-20(14-21(17-6-4-5-7-17)28-24(22)27-15-26-23)16-10-12-19(13-11-16)29-18-8-2-1-3-9-18/h1-3,8-15,17H,4-7H2,(H2,25,26,27,28). The normalized spacial score (nSPS) is 14.3. The molecule has 0 unspecified atom stereocenters. The summed E-state index contributed by atoms with van der Waals surface area (Å²) in [7, 11) is 0. The molecule has 2 aromatic carbocycles. The van der Waals surface area contributed by atoms with Gasteiger partial charge in [0.1, 0.15) is 23.6 Å². The molecule has 1 saturated carbocycles. The largest absolute Gasteiger partial charge is 0.457 e. The van der Waals surface area contributed by atoms with Crippen LogP contribution in [-0.2, 0) is 0 Å². The Bertz CT molecular complexity index is 1140. The van der Waals surface area contributed by atoms with E-state index < -0.39 is 0 Å². The maximum absolute atomic E-state index is 6.21. The molecule has 0 aliphatic heterocycles. The first-order valence-electron chi connectivity index (χ1n) is 10.0. The number of rotatable bonds is 4. The van der Waals surface area contributed by atoms with E-state index in [0.717, 1.165) is 33.7 Å². The van der Waals surface area contributed by atoms with Crippen LogP contribution >= 0.6 is 0 Å². The van der Waals surface area contributed by atoms with Gasteiger partial charge in [-0.1, -0.05) is 43.2 Å². The van der Waals surface area contributed by atoms with E-state index in [4.69, 9.17) is 15.5 Å².